The monoisotopic (exact) mass is 181 g/mol. The molecule has 0 fully saturated rings. The number of rotatable bonds is 1. The quantitative estimate of drug-likeness (QED) is 0.618. The van der Waals surface area contributed by atoms with Crippen molar-refractivity contribution >= 4 is 5.97 Å². The van der Waals surface area contributed by atoms with Crippen molar-refractivity contribution < 1.29 is 9.90 Å². The minimum atomic E-state index is -1.12. The molecule has 1 aliphatic heterocycles. The average molecular weight is 181 g/mol. The number of carboxylic acid groups (broad SMARTS) is 1. The van der Waals surface area contributed by atoms with Crippen molar-refractivity contribution in [1.29, 1.82) is 0 Å². The van der Waals surface area contributed by atoms with Crippen LogP contribution in [-0.2, 0) is 17.8 Å². The molecule has 0 bridgehead atoms. The Balaban J connectivity index is 2.30. The molecule has 1 atom stereocenters. The predicted octanol–water partition coefficient (Wildman–Crippen LogP) is -0.389. The minimum absolute atomic E-state index is 0.315. The summed E-state index contributed by atoms with van der Waals surface area (Å²) in [6.07, 6.45) is 4.29. The molecule has 1 aliphatic rings. The normalized spacial score (nSPS) is 26.8. The van der Waals surface area contributed by atoms with E-state index in [-0.39, 0.29) is 0 Å². The summed E-state index contributed by atoms with van der Waals surface area (Å²) in [4.78, 5) is 14.9. The number of nitrogens with zero attached hydrogens (tertiary/aromatic N) is 2. The lowest BCUT2D eigenvalue weighted by Gasteiger charge is -2.29. The molecule has 3 N–H and O–H groups in total. The van der Waals surface area contributed by atoms with E-state index in [1.165, 1.54) is 0 Å². The van der Waals surface area contributed by atoms with Crippen molar-refractivity contribution in [3.8, 4) is 0 Å². The predicted molar refractivity (Wildman–Crippen MR) is 45.1 cm³/mol. The molecule has 0 spiro atoms. The maximum Gasteiger partial charge on any atom is 0.324 e. The molecule has 0 aliphatic carbocycles. The number of hydrogen-bond acceptors (Lipinski definition) is 3. The largest absolute Gasteiger partial charge is 0.480 e. The molecule has 0 aromatic carbocycles. The van der Waals surface area contributed by atoms with Crippen molar-refractivity contribution in [1.82, 2.24) is 9.55 Å². The first-order chi connectivity index (χ1) is 6.12. The van der Waals surface area contributed by atoms with Gasteiger partial charge in [0.1, 0.15) is 11.4 Å². The minimum Gasteiger partial charge on any atom is -0.480 e. The second-order valence-electron chi connectivity index (χ2n) is 3.42. The molecule has 1 unspecified atom stereocenters. The summed E-state index contributed by atoms with van der Waals surface area (Å²) in [5.41, 5.74) is 4.60. The second kappa shape index (κ2) is 2.56. The molecule has 70 valence electrons. The van der Waals surface area contributed by atoms with Gasteiger partial charge in [0, 0.05) is 25.4 Å². The van der Waals surface area contributed by atoms with Gasteiger partial charge in [-0.2, -0.15) is 0 Å². The second-order valence-corrected chi connectivity index (χ2v) is 3.42. The van der Waals surface area contributed by atoms with E-state index >= 15 is 0 Å². The highest BCUT2D eigenvalue weighted by Gasteiger charge is 2.38. The van der Waals surface area contributed by atoms with E-state index in [0.29, 0.717) is 19.4 Å². The Morgan fingerprint density at radius 3 is 3.23 bits per heavy atom. The molecule has 0 amide bonds. The maximum absolute atomic E-state index is 10.8. The van der Waals surface area contributed by atoms with Crippen LogP contribution in [0.15, 0.2) is 12.4 Å². The zero-order valence-corrected chi connectivity index (χ0v) is 7.10. The Morgan fingerprint density at radius 2 is 2.54 bits per heavy atom. The molecular weight excluding hydrogens is 170 g/mol. The van der Waals surface area contributed by atoms with Crippen molar-refractivity contribution in [2.75, 3.05) is 0 Å². The van der Waals surface area contributed by atoms with E-state index in [1.54, 1.807) is 6.20 Å². The highest BCUT2D eigenvalue weighted by molar-refractivity contribution is 5.78. The zero-order chi connectivity index (χ0) is 9.47. The van der Waals surface area contributed by atoms with Gasteiger partial charge in [-0.3, -0.25) is 4.79 Å². The molecule has 0 saturated heterocycles. The lowest BCUT2D eigenvalue weighted by atomic mass is 9.89. The smallest absolute Gasteiger partial charge is 0.324 e. The van der Waals surface area contributed by atoms with Crippen LogP contribution in [0.3, 0.4) is 0 Å². The Labute approximate surface area is 75.2 Å². The summed E-state index contributed by atoms with van der Waals surface area (Å²) in [5, 5.41) is 8.90. The Bertz CT molecular complexity index is 347. The van der Waals surface area contributed by atoms with Gasteiger partial charge in [-0.1, -0.05) is 0 Å². The summed E-state index contributed by atoms with van der Waals surface area (Å²) in [6.45, 7) is 0.637. The first kappa shape index (κ1) is 8.25. The summed E-state index contributed by atoms with van der Waals surface area (Å²) in [7, 11) is 0. The molecule has 5 nitrogen and oxygen atoms in total. The van der Waals surface area contributed by atoms with Crippen LogP contribution >= 0.6 is 0 Å². The van der Waals surface area contributed by atoms with Gasteiger partial charge in [0.25, 0.3) is 0 Å². The van der Waals surface area contributed by atoms with E-state index in [1.807, 2.05) is 10.8 Å². The summed E-state index contributed by atoms with van der Waals surface area (Å²) in [5.74, 6) is -0.182. The first-order valence-corrected chi connectivity index (χ1v) is 4.14. The number of imidazole rings is 1. The summed E-state index contributed by atoms with van der Waals surface area (Å²) < 4.78 is 1.94. The fraction of sp³-hybridized carbons (Fsp3) is 0.500. The van der Waals surface area contributed by atoms with E-state index < -0.39 is 11.5 Å². The molecule has 1 aromatic heterocycles. The summed E-state index contributed by atoms with van der Waals surface area (Å²) in [6, 6.07) is 0. The number of carbonyl (C=O) groups is 1. The van der Waals surface area contributed by atoms with Crippen LogP contribution in [0, 0.1) is 0 Å². The highest BCUT2D eigenvalue weighted by atomic mass is 16.4. The number of aryl methyl sites for hydroxylation is 1. The maximum atomic E-state index is 10.8. The van der Waals surface area contributed by atoms with Gasteiger partial charge in [-0.25, -0.2) is 4.98 Å². The van der Waals surface area contributed by atoms with E-state index in [9.17, 15) is 4.79 Å². The molecule has 0 radical (unpaired) electrons. The Kier molecular flexibility index (Phi) is 1.63. The van der Waals surface area contributed by atoms with E-state index in [4.69, 9.17) is 10.8 Å². The van der Waals surface area contributed by atoms with Crippen LogP contribution in [0.25, 0.3) is 0 Å². The van der Waals surface area contributed by atoms with Crippen LogP contribution in [0.2, 0.25) is 0 Å². The molecule has 5 heteroatoms. The Hall–Kier alpha value is -1.36. The van der Waals surface area contributed by atoms with Crippen molar-refractivity contribution in [3.05, 3.63) is 18.2 Å². The molecular formula is C8H11N3O2. The number of aromatic nitrogens is 2. The Morgan fingerprint density at radius 1 is 1.77 bits per heavy atom. The van der Waals surface area contributed by atoms with Crippen LogP contribution in [-0.4, -0.2) is 26.2 Å². The van der Waals surface area contributed by atoms with Crippen molar-refractivity contribution in [2.45, 2.75) is 24.9 Å². The third-order valence-corrected chi connectivity index (χ3v) is 2.50. The lowest BCUT2D eigenvalue weighted by Crippen LogP contribution is -2.53. The van der Waals surface area contributed by atoms with Gasteiger partial charge < -0.3 is 15.4 Å². The van der Waals surface area contributed by atoms with Crippen molar-refractivity contribution in [3.63, 3.8) is 0 Å². The van der Waals surface area contributed by atoms with Gasteiger partial charge in [0.2, 0.25) is 0 Å². The molecule has 13 heavy (non-hydrogen) atoms. The zero-order valence-electron chi connectivity index (χ0n) is 7.10. The number of aliphatic carboxylic acids is 1. The summed E-state index contributed by atoms with van der Waals surface area (Å²) >= 11 is 0. The van der Waals surface area contributed by atoms with Crippen LogP contribution in [0.1, 0.15) is 12.2 Å². The van der Waals surface area contributed by atoms with Gasteiger partial charge in [0.05, 0.1) is 0 Å². The van der Waals surface area contributed by atoms with Crippen LogP contribution in [0.5, 0.6) is 0 Å². The number of carboxylic acids is 1. The van der Waals surface area contributed by atoms with E-state index in [2.05, 4.69) is 4.98 Å². The van der Waals surface area contributed by atoms with Gasteiger partial charge in [0.15, 0.2) is 0 Å². The number of hydrogen-bond donors (Lipinski definition) is 2. The fourth-order valence-electron chi connectivity index (χ4n) is 1.58. The average Bonchev–Trinajstić information content (AvgIpc) is 2.50. The molecule has 0 saturated carbocycles. The third kappa shape index (κ3) is 1.21. The van der Waals surface area contributed by atoms with Crippen molar-refractivity contribution in [2.24, 2.45) is 5.73 Å². The van der Waals surface area contributed by atoms with Gasteiger partial charge in [-0.15, -0.1) is 0 Å². The van der Waals surface area contributed by atoms with Crippen LogP contribution in [0.4, 0.5) is 0 Å². The SMILES string of the molecule is NC1(C(=O)O)CCn2ccnc2C1. The number of fused-ring (bicyclic) bond motifs is 1. The first-order valence-electron chi connectivity index (χ1n) is 4.14. The fourth-order valence-corrected chi connectivity index (χ4v) is 1.58. The molecule has 1 aromatic rings. The van der Waals surface area contributed by atoms with Crippen LogP contribution < -0.4 is 5.73 Å². The highest BCUT2D eigenvalue weighted by Crippen LogP contribution is 2.21. The van der Waals surface area contributed by atoms with Gasteiger partial charge in [-0.05, 0) is 6.42 Å². The lowest BCUT2D eigenvalue weighted by molar-refractivity contribution is -0.144. The molecule has 2 rings (SSSR count). The molecule has 2 heterocycles. The third-order valence-electron chi connectivity index (χ3n) is 2.50. The van der Waals surface area contributed by atoms with Gasteiger partial charge >= 0.3 is 5.97 Å². The topological polar surface area (TPSA) is 81.1 Å². The number of nitrogens with two attached hydrogens (primary N) is 1. The van der Waals surface area contributed by atoms with E-state index in [0.717, 1.165) is 5.82 Å². The standard InChI is InChI=1S/C8H11N3O2/c9-8(7(12)13)1-3-11-4-2-10-6(11)5-8/h2,4H,1,3,5,9H2,(H,12,13).